The second kappa shape index (κ2) is 10.6. The highest BCUT2D eigenvalue weighted by Gasteiger charge is 2.56. The third-order valence-corrected chi connectivity index (χ3v) is 6.58. The van der Waals surface area contributed by atoms with E-state index in [-0.39, 0.29) is 6.42 Å². The van der Waals surface area contributed by atoms with Crippen molar-refractivity contribution in [1.82, 2.24) is 4.31 Å². The second-order valence-electron chi connectivity index (χ2n) is 7.20. The zero-order valence-corrected chi connectivity index (χ0v) is 17.7. The van der Waals surface area contributed by atoms with Gasteiger partial charge in [-0.15, -0.1) is 0 Å². The van der Waals surface area contributed by atoms with Crippen LogP contribution >= 0.6 is 0 Å². The van der Waals surface area contributed by atoms with Crippen LogP contribution < -0.4 is 0 Å². The molecule has 2 rings (SSSR count). The molecular weight excluding hydrogens is 387 g/mol. The first-order valence-electron chi connectivity index (χ1n) is 8.88. The molecular formula is C17H32F3NO5S. The lowest BCUT2D eigenvalue weighted by molar-refractivity contribution is -0.229. The van der Waals surface area contributed by atoms with Gasteiger partial charge < -0.3 is 4.74 Å². The lowest BCUT2D eigenvalue weighted by Gasteiger charge is -2.27. The van der Waals surface area contributed by atoms with Gasteiger partial charge in [-0.25, -0.2) is 0 Å². The van der Waals surface area contributed by atoms with E-state index >= 15 is 0 Å². The number of halogens is 3. The highest BCUT2D eigenvalue weighted by molar-refractivity contribution is 7.84. The molecule has 0 amide bonds. The predicted octanol–water partition coefficient (Wildman–Crippen LogP) is 3.77. The van der Waals surface area contributed by atoms with Gasteiger partial charge in [0.15, 0.2) is 5.41 Å². The highest BCUT2D eigenvalue weighted by Crippen LogP contribution is 2.44. The van der Waals surface area contributed by atoms with Crippen molar-refractivity contribution in [3.63, 3.8) is 0 Å². The average Bonchev–Trinajstić information content (AvgIpc) is 3.26. The zero-order chi connectivity index (χ0) is 21.5. The van der Waals surface area contributed by atoms with E-state index in [9.17, 15) is 26.4 Å². The van der Waals surface area contributed by atoms with Gasteiger partial charge in [-0.1, -0.05) is 32.6 Å². The number of esters is 1. The lowest BCUT2D eigenvalue weighted by Crippen LogP contribution is -2.42. The molecule has 2 saturated carbocycles. The number of carbonyl (C=O) groups excluding carboxylic acids is 1. The van der Waals surface area contributed by atoms with Crippen LogP contribution in [0.1, 0.15) is 52.4 Å². The van der Waals surface area contributed by atoms with Gasteiger partial charge in [-0.3, -0.25) is 8.98 Å². The fourth-order valence-corrected chi connectivity index (χ4v) is 3.31. The number of ether oxygens (including phenoxy) is 1. The van der Waals surface area contributed by atoms with Crippen molar-refractivity contribution in [1.29, 1.82) is 0 Å². The van der Waals surface area contributed by atoms with Crippen LogP contribution in [0.5, 0.6) is 0 Å². The number of nitrogens with zero attached hydrogens (tertiary/aromatic N) is 1. The molecule has 1 unspecified atom stereocenters. The van der Waals surface area contributed by atoms with Crippen LogP contribution in [0.4, 0.5) is 13.2 Å². The Hall–Kier alpha value is -0.870. The van der Waals surface area contributed by atoms with E-state index in [0.717, 1.165) is 25.4 Å². The topological polar surface area (TPSA) is 72.9 Å². The summed E-state index contributed by atoms with van der Waals surface area (Å²) >= 11 is 0. The Morgan fingerprint density at radius 1 is 1.07 bits per heavy atom. The summed E-state index contributed by atoms with van der Waals surface area (Å²) in [4.78, 5) is 10.8. The number of hydrogen-bond acceptors (Lipinski definition) is 5. The first kappa shape index (κ1) is 26.1. The Morgan fingerprint density at radius 2 is 1.48 bits per heavy atom. The molecule has 0 spiro atoms. The molecule has 0 aromatic heterocycles. The van der Waals surface area contributed by atoms with Gasteiger partial charge in [-0.2, -0.15) is 25.9 Å². The smallest absolute Gasteiger partial charge is 0.404 e. The molecule has 0 aromatic rings. The summed E-state index contributed by atoms with van der Waals surface area (Å²) in [6, 6.07) is 0. The normalized spacial score (nSPS) is 23.6. The number of hydrogen-bond donors (Lipinski definition) is 0. The first-order valence-corrected chi connectivity index (χ1v) is 10.2. The molecule has 2 fully saturated rings. The fourth-order valence-electron chi connectivity index (χ4n) is 3.01. The monoisotopic (exact) mass is 419 g/mol. The fraction of sp³-hybridized carbons (Fsp3) is 0.941. The molecule has 0 aliphatic heterocycles. The van der Waals surface area contributed by atoms with Crippen molar-refractivity contribution >= 4 is 16.3 Å². The molecule has 2 aliphatic rings. The standard InChI is InChI=1S/C7H11F3O2.C7H12.C3H9NO3S/c1-4-6(2,5(11)12-3)7(8,9)10;1-2-7-4-3-6(1)5-7;1-4(2)8(5,6)7-3/h4H2,1-3H3;6-7H,1-5H2;1-3H3. The van der Waals surface area contributed by atoms with Crippen molar-refractivity contribution in [2.45, 2.75) is 58.5 Å². The summed E-state index contributed by atoms with van der Waals surface area (Å²) in [6.07, 6.45) is 2.96. The van der Waals surface area contributed by atoms with E-state index in [2.05, 4.69) is 8.92 Å². The SMILES string of the molecule is C1CC2CCC1C2.CCC(C)(C(=O)OC)C(F)(F)F.COS(=O)(=O)N(C)C. The summed E-state index contributed by atoms with van der Waals surface area (Å²) in [5, 5.41) is 0. The summed E-state index contributed by atoms with van der Waals surface area (Å²) in [5.41, 5.74) is -2.37. The summed E-state index contributed by atoms with van der Waals surface area (Å²) in [7, 11) is 1.47. The Morgan fingerprint density at radius 3 is 1.56 bits per heavy atom. The van der Waals surface area contributed by atoms with Crippen LogP contribution in [0.3, 0.4) is 0 Å². The minimum Gasteiger partial charge on any atom is -0.468 e. The molecule has 10 heteroatoms. The third-order valence-electron chi connectivity index (χ3n) is 5.26. The Bertz CT molecular complexity index is 547. The van der Waals surface area contributed by atoms with E-state index in [1.165, 1.54) is 32.9 Å². The molecule has 1 atom stereocenters. The molecule has 2 bridgehead atoms. The summed E-state index contributed by atoms with van der Waals surface area (Å²) < 4.78 is 66.7. The van der Waals surface area contributed by atoms with Gasteiger partial charge in [0.25, 0.3) is 0 Å². The number of alkyl halides is 3. The minimum absolute atomic E-state index is 0.316. The molecule has 27 heavy (non-hydrogen) atoms. The Kier molecular flexibility index (Phi) is 10.3. The summed E-state index contributed by atoms with van der Waals surface area (Å²) in [6.45, 7) is 2.13. The molecule has 0 aromatic carbocycles. The largest absolute Gasteiger partial charge is 0.468 e. The molecule has 6 nitrogen and oxygen atoms in total. The van der Waals surface area contributed by atoms with Crippen molar-refractivity contribution in [2.24, 2.45) is 17.3 Å². The molecule has 162 valence electrons. The van der Waals surface area contributed by atoms with Gasteiger partial charge in [0.05, 0.1) is 14.2 Å². The van der Waals surface area contributed by atoms with Crippen LogP contribution in [0.2, 0.25) is 0 Å². The molecule has 0 radical (unpaired) electrons. The number of methoxy groups -OCH3 is 1. The van der Waals surface area contributed by atoms with Crippen molar-refractivity contribution in [3.8, 4) is 0 Å². The van der Waals surface area contributed by atoms with Crippen molar-refractivity contribution in [3.05, 3.63) is 0 Å². The maximum absolute atomic E-state index is 12.2. The highest BCUT2D eigenvalue weighted by atomic mass is 32.2. The summed E-state index contributed by atoms with van der Waals surface area (Å²) in [5.74, 6) is 1.10. The molecule has 0 saturated heterocycles. The van der Waals surface area contributed by atoms with Crippen LogP contribution in [0, 0.1) is 17.3 Å². The predicted molar refractivity (Wildman–Crippen MR) is 96.1 cm³/mol. The van der Waals surface area contributed by atoms with Gasteiger partial charge in [0, 0.05) is 14.1 Å². The molecule has 2 aliphatic carbocycles. The van der Waals surface area contributed by atoms with E-state index in [1.54, 1.807) is 32.1 Å². The van der Waals surface area contributed by atoms with Gasteiger partial charge in [-0.05, 0) is 31.6 Å². The van der Waals surface area contributed by atoms with E-state index < -0.39 is 27.9 Å². The van der Waals surface area contributed by atoms with E-state index in [4.69, 9.17) is 0 Å². The maximum atomic E-state index is 12.2. The van der Waals surface area contributed by atoms with Crippen LogP contribution in [0.15, 0.2) is 0 Å². The molecule has 0 heterocycles. The number of fused-ring (bicyclic) bond motifs is 2. The average molecular weight is 420 g/mol. The van der Waals surface area contributed by atoms with Gasteiger partial charge >= 0.3 is 22.4 Å². The number of rotatable bonds is 4. The minimum atomic E-state index is -4.55. The van der Waals surface area contributed by atoms with Crippen LogP contribution in [0.25, 0.3) is 0 Å². The molecule has 0 N–H and O–H groups in total. The lowest BCUT2D eigenvalue weighted by atomic mass is 9.87. The van der Waals surface area contributed by atoms with E-state index in [0.29, 0.717) is 0 Å². The first-order chi connectivity index (χ1) is 12.2. The van der Waals surface area contributed by atoms with Crippen molar-refractivity contribution in [2.75, 3.05) is 28.3 Å². The Labute approximate surface area is 160 Å². The van der Waals surface area contributed by atoms with Gasteiger partial charge in [0.1, 0.15) is 0 Å². The van der Waals surface area contributed by atoms with Crippen molar-refractivity contribution < 1.29 is 35.3 Å². The third kappa shape index (κ3) is 7.57. The quantitative estimate of drug-likeness (QED) is 0.649. The van der Waals surface area contributed by atoms with Crippen LogP contribution in [-0.2, 0) is 24.0 Å². The van der Waals surface area contributed by atoms with Crippen LogP contribution in [-0.4, -0.2) is 53.2 Å². The van der Waals surface area contributed by atoms with E-state index in [1.807, 2.05) is 0 Å². The maximum Gasteiger partial charge on any atom is 0.404 e. The second-order valence-corrected chi connectivity index (χ2v) is 9.12. The number of carbonyl (C=O) groups is 1. The zero-order valence-electron chi connectivity index (χ0n) is 16.9. The Balaban J connectivity index is 0.000000390. The van der Waals surface area contributed by atoms with Gasteiger partial charge in [0.2, 0.25) is 0 Å².